The van der Waals surface area contributed by atoms with E-state index in [9.17, 15) is 19.2 Å². The largest absolute Gasteiger partial charge is 0.450 e. The Kier molecular flexibility index (Phi) is 9.88. The zero-order valence-corrected chi connectivity index (χ0v) is 29.4. The highest BCUT2D eigenvalue weighted by molar-refractivity contribution is 9.12. The number of Topliss-reactive ketones (excluding diaryl/α,β-unsaturated/α-hetero) is 1. The van der Waals surface area contributed by atoms with Gasteiger partial charge in [-0.1, -0.05) is 67.2 Å². The first-order valence-corrected chi connectivity index (χ1v) is 17.6. The number of halogens is 5. The zero-order chi connectivity index (χ0) is 32.7. The van der Waals surface area contributed by atoms with Gasteiger partial charge in [0.05, 0.1) is 34.3 Å². The van der Waals surface area contributed by atoms with Gasteiger partial charge in [0.2, 0.25) is 17.6 Å². The molecule has 12 heteroatoms. The number of amides is 2. The minimum Gasteiger partial charge on any atom is -0.450 e. The number of rotatable bonds is 8. The summed E-state index contributed by atoms with van der Waals surface area (Å²) in [6.45, 7) is 0. The number of ether oxygens (including phenoxy) is 1. The summed E-state index contributed by atoms with van der Waals surface area (Å²) in [5.74, 6) is -2.16. The van der Waals surface area contributed by atoms with Gasteiger partial charge in [0.15, 0.2) is 6.10 Å². The molecule has 1 saturated heterocycles. The van der Waals surface area contributed by atoms with Gasteiger partial charge in [-0.3, -0.25) is 19.3 Å². The van der Waals surface area contributed by atoms with Gasteiger partial charge in [-0.15, -0.1) is 11.6 Å². The first-order valence-electron chi connectivity index (χ1n) is 14.5. The standard InChI is InChI=1S/C34H25Br2Cl3N2O5/c35-26-14-23-24(15-27(26)36)33(44)41(32(23)43)21-8-3-17(4-9-21)29-16-25(22-13-20(39)7-10-28(22)40-29)34(45)46-30(11-12-37)31(42)18-1-5-19(38)6-2-18/h1-10,13,16,23-24,26-27,30H,11-12,14-15H2. The average molecular weight is 808 g/mol. The molecule has 0 bridgehead atoms. The third-order valence-corrected chi connectivity index (χ3v) is 11.8. The number of fused-ring (bicyclic) bond motifs is 2. The molecule has 0 radical (unpaired) electrons. The van der Waals surface area contributed by atoms with Gasteiger partial charge in [0.1, 0.15) is 0 Å². The monoisotopic (exact) mass is 804 g/mol. The molecule has 1 aliphatic heterocycles. The fourth-order valence-electron chi connectivity index (χ4n) is 5.98. The van der Waals surface area contributed by atoms with Gasteiger partial charge in [0.25, 0.3) is 0 Å². The number of anilines is 1. The van der Waals surface area contributed by atoms with Crippen LogP contribution in [0, 0.1) is 11.8 Å². The van der Waals surface area contributed by atoms with Gasteiger partial charge in [-0.25, -0.2) is 9.78 Å². The molecule has 0 N–H and O–H groups in total. The van der Waals surface area contributed by atoms with Crippen molar-refractivity contribution in [3.63, 3.8) is 0 Å². The van der Waals surface area contributed by atoms with Crippen LogP contribution in [0.25, 0.3) is 22.2 Å². The van der Waals surface area contributed by atoms with E-state index in [1.165, 1.54) is 4.90 Å². The van der Waals surface area contributed by atoms with Gasteiger partial charge in [-0.05, 0) is 73.5 Å². The molecule has 46 heavy (non-hydrogen) atoms. The van der Waals surface area contributed by atoms with Crippen molar-refractivity contribution in [1.82, 2.24) is 4.98 Å². The Morgan fingerprint density at radius 2 is 1.48 bits per heavy atom. The topological polar surface area (TPSA) is 93.6 Å². The Balaban J connectivity index is 1.30. The Hall–Kier alpha value is -2.82. The fourth-order valence-corrected chi connectivity index (χ4v) is 7.71. The highest BCUT2D eigenvalue weighted by atomic mass is 79.9. The summed E-state index contributed by atoms with van der Waals surface area (Å²) in [5.41, 5.74) is 2.55. The summed E-state index contributed by atoms with van der Waals surface area (Å²) < 4.78 is 5.77. The van der Waals surface area contributed by atoms with Crippen molar-refractivity contribution in [1.29, 1.82) is 0 Å². The molecule has 1 aliphatic carbocycles. The molecule has 1 aromatic heterocycles. The number of imide groups is 1. The summed E-state index contributed by atoms with van der Waals surface area (Å²) >= 11 is 25.5. The van der Waals surface area contributed by atoms with Crippen molar-refractivity contribution >= 4 is 107 Å². The zero-order valence-electron chi connectivity index (χ0n) is 24.0. The van der Waals surface area contributed by atoms with Crippen LogP contribution in [-0.2, 0) is 14.3 Å². The summed E-state index contributed by atoms with van der Waals surface area (Å²) in [4.78, 5) is 59.8. The number of hydrogen-bond donors (Lipinski definition) is 0. The van der Waals surface area contributed by atoms with Crippen molar-refractivity contribution < 1.29 is 23.9 Å². The van der Waals surface area contributed by atoms with Crippen LogP contribution < -0.4 is 4.90 Å². The second-order valence-corrected chi connectivity index (χ2v) is 14.8. The van der Waals surface area contributed by atoms with E-state index in [0.29, 0.717) is 56.3 Å². The normalized spacial score (nSPS) is 21.7. The van der Waals surface area contributed by atoms with Crippen molar-refractivity contribution in [3.05, 3.63) is 94.0 Å². The van der Waals surface area contributed by atoms with Crippen LogP contribution in [-0.4, -0.2) is 50.2 Å². The van der Waals surface area contributed by atoms with Gasteiger partial charge in [-0.2, -0.15) is 0 Å². The molecular weight excluding hydrogens is 783 g/mol. The first-order chi connectivity index (χ1) is 22.0. The van der Waals surface area contributed by atoms with E-state index >= 15 is 0 Å². The number of nitrogens with zero attached hydrogens (tertiary/aromatic N) is 2. The number of hydrogen-bond acceptors (Lipinski definition) is 6. The maximum Gasteiger partial charge on any atom is 0.339 e. The minimum absolute atomic E-state index is 0.0920. The Labute approximate surface area is 296 Å². The predicted molar refractivity (Wildman–Crippen MR) is 187 cm³/mol. The van der Waals surface area contributed by atoms with E-state index in [4.69, 9.17) is 44.5 Å². The van der Waals surface area contributed by atoms with Crippen molar-refractivity contribution in [2.45, 2.75) is 35.0 Å². The van der Waals surface area contributed by atoms with Crippen LogP contribution in [0.15, 0.2) is 72.8 Å². The minimum atomic E-state index is -1.13. The quantitative estimate of drug-likeness (QED) is 0.0766. The van der Waals surface area contributed by atoms with Crippen molar-refractivity contribution in [3.8, 4) is 11.3 Å². The molecule has 2 heterocycles. The smallest absolute Gasteiger partial charge is 0.339 e. The number of ketones is 1. The highest BCUT2D eigenvalue weighted by Crippen LogP contribution is 2.44. The first kappa shape index (κ1) is 33.1. The summed E-state index contributed by atoms with van der Waals surface area (Å²) in [7, 11) is 0. The van der Waals surface area contributed by atoms with Crippen molar-refractivity contribution in [2.75, 3.05) is 10.8 Å². The summed E-state index contributed by atoms with van der Waals surface area (Å²) in [5, 5.41) is 1.32. The van der Waals surface area contributed by atoms with Crippen LogP contribution in [0.4, 0.5) is 5.69 Å². The lowest BCUT2D eigenvalue weighted by Crippen LogP contribution is -2.34. The molecule has 7 nitrogen and oxygen atoms in total. The second-order valence-electron chi connectivity index (χ2n) is 11.2. The lowest BCUT2D eigenvalue weighted by molar-refractivity contribution is -0.122. The summed E-state index contributed by atoms with van der Waals surface area (Å²) in [6, 6.07) is 19.8. The molecule has 6 rings (SSSR count). The third kappa shape index (κ3) is 6.49. The van der Waals surface area contributed by atoms with Gasteiger partial charge >= 0.3 is 5.97 Å². The number of carbonyl (C=O) groups excluding carboxylic acids is 4. The van der Waals surface area contributed by atoms with Crippen LogP contribution >= 0.6 is 66.7 Å². The molecular formula is C34H25Br2Cl3N2O5. The number of benzene rings is 3. The molecule has 4 aromatic rings. The summed E-state index contributed by atoms with van der Waals surface area (Å²) in [6.07, 6.45) is 0.145. The molecule has 5 atom stereocenters. The lowest BCUT2D eigenvalue weighted by atomic mass is 9.81. The SMILES string of the molecule is O=C(OC(CCCl)C(=O)c1ccc(Cl)cc1)c1cc(-c2ccc(N3C(=O)C4CC(Br)C(Br)CC4C3=O)cc2)nc2ccc(Cl)cc12. The number of carbonyl (C=O) groups is 4. The van der Waals surface area contributed by atoms with Crippen LogP contribution in [0.3, 0.4) is 0 Å². The third-order valence-electron chi connectivity index (χ3n) is 8.37. The Morgan fingerprint density at radius 3 is 2.09 bits per heavy atom. The lowest BCUT2D eigenvalue weighted by Gasteiger charge is -2.29. The van der Waals surface area contributed by atoms with E-state index < -0.39 is 17.9 Å². The van der Waals surface area contributed by atoms with E-state index in [1.807, 2.05) is 0 Å². The number of esters is 1. The average Bonchev–Trinajstić information content (AvgIpc) is 3.28. The van der Waals surface area contributed by atoms with E-state index in [0.717, 1.165) is 0 Å². The van der Waals surface area contributed by atoms with Crippen LogP contribution in [0.1, 0.15) is 40.0 Å². The Morgan fingerprint density at radius 1 is 0.870 bits per heavy atom. The van der Waals surface area contributed by atoms with Crippen LogP contribution in [0.2, 0.25) is 10.0 Å². The molecule has 2 aliphatic rings. The molecule has 3 aromatic carbocycles. The van der Waals surface area contributed by atoms with E-state index in [1.54, 1.807) is 72.8 Å². The number of pyridine rings is 1. The van der Waals surface area contributed by atoms with Gasteiger partial charge in [0, 0.05) is 48.5 Å². The van der Waals surface area contributed by atoms with Crippen molar-refractivity contribution in [2.24, 2.45) is 11.8 Å². The van der Waals surface area contributed by atoms with E-state index in [-0.39, 0.29) is 51.2 Å². The molecule has 0 spiro atoms. The maximum absolute atomic E-state index is 13.7. The fraction of sp³-hybridized carbons (Fsp3) is 0.265. The molecule has 2 fully saturated rings. The van der Waals surface area contributed by atoms with Gasteiger partial charge < -0.3 is 4.74 Å². The maximum atomic E-state index is 13.7. The second kappa shape index (κ2) is 13.7. The molecule has 1 saturated carbocycles. The number of aromatic nitrogens is 1. The van der Waals surface area contributed by atoms with E-state index in [2.05, 4.69) is 31.9 Å². The molecule has 2 amide bonds. The molecule has 5 unspecified atom stereocenters. The Bertz CT molecular complexity index is 1830. The molecule has 236 valence electrons. The van der Waals surface area contributed by atoms with Crippen LogP contribution in [0.5, 0.6) is 0 Å². The highest BCUT2D eigenvalue weighted by Gasteiger charge is 2.52. The number of alkyl halides is 3. The predicted octanol–water partition coefficient (Wildman–Crippen LogP) is 8.67.